The van der Waals surface area contributed by atoms with Crippen molar-refractivity contribution >= 4 is 0 Å². The zero-order valence-electron chi connectivity index (χ0n) is 12.7. The number of likely N-dealkylation sites (tertiary alicyclic amines) is 1. The molecule has 1 saturated carbocycles. The van der Waals surface area contributed by atoms with E-state index in [0.717, 1.165) is 24.9 Å². The summed E-state index contributed by atoms with van der Waals surface area (Å²) < 4.78 is 0. The highest BCUT2D eigenvalue weighted by molar-refractivity contribution is 5.30. The number of aryl methyl sites for hydroxylation is 1. The third kappa shape index (κ3) is 2.51. The maximum Gasteiger partial charge on any atom is 0.0476 e. The molecule has 2 aliphatic rings. The lowest BCUT2D eigenvalue weighted by Crippen LogP contribution is -2.47. The number of benzene rings is 1. The van der Waals surface area contributed by atoms with Crippen LogP contribution in [0.2, 0.25) is 0 Å². The van der Waals surface area contributed by atoms with E-state index in [1.54, 1.807) is 0 Å². The van der Waals surface area contributed by atoms with Gasteiger partial charge in [0.2, 0.25) is 0 Å². The van der Waals surface area contributed by atoms with Crippen molar-refractivity contribution in [2.45, 2.75) is 57.5 Å². The van der Waals surface area contributed by atoms with Crippen LogP contribution < -0.4 is 5.73 Å². The van der Waals surface area contributed by atoms with Crippen molar-refractivity contribution in [2.24, 2.45) is 11.7 Å². The van der Waals surface area contributed by atoms with Crippen LogP contribution in [0.3, 0.4) is 0 Å². The SMILES string of the molecule is CCc1ccccc1C(CN)N1CCCC2CCCC21. The molecule has 1 aromatic carbocycles. The molecule has 0 aromatic heterocycles. The fourth-order valence-corrected chi connectivity index (χ4v) is 4.50. The van der Waals surface area contributed by atoms with Crippen molar-refractivity contribution in [3.8, 4) is 0 Å². The predicted octanol–water partition coefficient (Wildman–Crippen LogP) is 3.51. The molecule has 0 spiro atoms. The summed E-state index contributed by atoms with van der Waals surface area (Å²) in [7, 11) is 0. The Bertz CT molecular complexity index is 443. The molecule has 3 atom stereocenters. The first kappa shape index (κ1) is 14.1. The van der Waals surface area contributed by atoms with Gasteiger partial charge in [-0.25, -0.2) is 0 Å². The molecule has 20 heavy (non-hydrogen) atoms. The summed E-state index contributed by atoms with van der Waals surface area (Å²) in [6.07, 6.45) is 8.14. The molecule has 110 valence electrons. The minimum atomic E-state index is 0.428. The van der Waals surface area contributed by atoms with E-state index in [4.69, 9.17) is 5.73 Å². The van der Waals surface area contributed by atoms with E-state index in [0.29, 0.717) is 6.04 Å². The Hall–Kier alpha value is -0.860. The van der Waals surface area contributed by atoms with Crippen molar-refractivity contribution < 1.29 is 0 Å². The number of hydrogen-bond acceptors (Lipinski definition) is 2. The molecule has 0 bridgehead atoms. The quantitative estimate of drug-likeness (QED) is 0.909. The van der Waals surface area contributed by atoms with Crippen LogP contribution in [0, 0.1) is 5.92 Å². The van der Waals surface area contributed by atoms with Crippen LogP contribution in [0.4, 0.5) is 0 Å². The van der Waals surface area contributed by atoms with Crippen molar-refractivity contribution in [2.75, 3.05) is 13.1 Å². The summed E-state index contributed by atoms with van der Waals surface area (Å²) in [4.78, 5) is 2.75. The maximum absolute atomic E-state index is 6.20. The highest BCUT2D eigenvalue weighted by Gasteiger charge is 2.38. The van der Waals surface area contributed by atoms with E-state index in [1.165, 1.54) is 49.8 Å². The van der Waals surface area contributed by atoms with Gasteiger partial charge in [0.15, 0.2) is 0 Å². The predicted molar refractivity (Wildman–Crippen MR) is 84.7 cm³/mol. The van der Waals surface area contributed by atoms with Gasteiger partial charge in [0.25, 0.3) is 0 Å². The van der Waals surface area contributed by atoms with Gasteiger partial charge in [-0.05, 0) is 55.7 Å². The Morgan fingerprint density at radius 2 is 2.00 bits per heavy atom. The van der Waals surface area contributed by atoms with E-state index >= 15 is 0 Å². The average molecular weight is 272 g/mol. The lowest BCUT2D eigenvalue weighted by Gasteiger charge is -2.43. The molecule has 1 aliphatic carbocycles. The van der Waals surface area contributed by atoms with E-state index in [1.807, 2.05) is 0 Å². The maximum atomic E-state index is 6.20. The lowest BCUT2D eigenvalue weighted by atomic mass is 9.88. The van der Waals surface area contributed by atoms with Gasteiger partial charge < -0.3 is 5.73 Å². The fourth-order valence-electron chi connectivity index (χ4n) is 4.50. The van der Waals surface area contributed by atoms with Crippen molar-refractivity contribution in [3.63, 3.8) is 0 Å². The summed E-state index contributed by atoms with van der Waals surface area (Å²) in [5.74, 6) is 0.937. The van der Waals surface area contributed by atoms with Crippen LogP contribution in [-0.2, 0) is 6.42 Å². The number of rotatable bonds is 4. The molecular formula is C18H28N2. The molecule has 0 radical (unpaired) electrons. The van der Waals surface area contributed by atoms with Crippen LogP contribution in [-0.4, -0.2) is 24.0 Å². The second kappa shape index (κ2) is 6.28. The first-order chi connectivity index (χ1) is 9.85. The third-order valence-electron chi connectivity index (χ3n) is 5.45. The summed E-state index contributed by atoms with van der Waals surface area (Å²) in [5.41, 5.74) is 9.15. The first-order valence-corrected chi connectivity index (χ1v) is 8.38. The Morgan fingerprint density at radius 1 is 1.20 bits per heavy atom. The Labute approximate surface area is 123 Å². The van der Waals surface area contributed by atoms with E-state index < -0.39 is 0 Å². The van der Waals surface area contributed by atoms with Crippen molar-refractivity contribution in [1.82, 2.24) is 4.90 Å². The van der Waals surface area contributed by atoms with Gasteiger partial charge in [0.1, 0.15) is 0 Å². The average Bonchev–Trinajstić information content (AvgIpc) is 2.98. The number of fused-ring (bicyclic) bond motifs is 1. The van der Waals surface area contributed by atoms with Crippen molar-refractivity contribution in [1.29, 1.82) is 0 Å². The van der Waals surface area contributed by atoms with Gasteiger partial charge in [-0.2, -0.15) is 0 Å². The molecule has 2 heteroatoms. The zero-order valence-corrected chi connectivity index (χ0v) is 12.7. The topological polar surface area (TPSA) is 29.3 Å². The summed E-state index contributed by atoms with van der Waals surface area (Å²) in [5, 5.41) is 0. The number of nitrogens with two attached hydrogens (primary N) is 1. The first-order valence-electron chi connectivity index (χ1n) is 8.38. The highest BCUT2D eigenvalue weighted by atomic mass is 15.2. The Morgan fingerprint density at radius 3 is 2.80 bits per heavy atom. The van der Waals surface area contributed by atoms with Crippen molar-refractivity contribution in [3.05, 3.63) is 35.4 Å². The smallest absolute Gasteiger partial charge is 0.0476 e. The Kier molecular flexibility index (Phi) is 4.42. The van der Waals surface area contributed by atoms with Gasteiger partial charge in [0.05, 0.1) is 0 Å². The van der Waals surface area contributed by atoms with E-state index in [2.05, 4.69) is 36.1 Å². The molecule has 0 amide bonds. The molecule has 2 nitrogen and oxygen atoms in total. The molecule has 1 saturated heterocycles. The van der Waals surface area contributed by atoms with Gasteiger partial charge in [-0.3, -0.25) is 4.90 Å². The van der Waals surface area contributed by atoms with Crippen LogP contribution in [0.15, 0.2) is 24.3 Å². The van der Waals surface area contributed by atoms with Gasteiger partial charge in [0, 0.05) is 18.6 Å². The molecular weight excluding hydrogens is 244 g/mol. The van der Waals surface area contributed by atoms with E-state index in [-0.39, 0.29) is 0 Å². The van der Waals surface area contributed by atoms with Crippen LogP contribution in [0.1, 0.15) is 56.2 Å². The van der Waals surface area contributed by atoms with E-state index in [9.17, 15) is 0 Å². The Balaban J connectivity index is 1.88. The number of nitrogens with zero attached hydrogens (tertiary/aromatic N) is 1. The second-order valence-electron chi connectivity index (χ2n) is 6.44. The molecule has 1 aromatic rings. The summed E-state index contributed by atoms with van der Waals surface area (Å²) in [6, 6.07) is 10.1. The molecule has 2 fully saturated rings. The minimum Gasteiger partial charge on any atom is -0.329 e. The van der Waals surface area contributed by atoms with Crippen LogP contribution in [0.5, 0.6) is 0 Å². The third-order valence-corrected chi connectivity index (χ3v) is 5.45. The monoisotopic (exact) mass is 272 g/mol. The fraction of sp³-hybridized carbons (Fsp3) is 0.667. The molecule has 3 unspecified atom stereocenters. The van der Waals surface area contributed by atoms with Crippen LogP contribution in [0.25, 0.3) is 0 Å². The summed E-state index contributed by atoms with van der Waals surface area (Å²) in [6.45, 7) is 4.24. The standard InChI is InChI=1S/C18H28N2/c1-2-14-7-3-4-10-16(14)18(13-19)20-12-6-9-15-8-5-11-17(15)20/h3-4,7,10,15,17-18H,2,5-6,8-9,11-13,19H2,1H3. The largest absolute Gasteiger partial charge is 0.329 e. The number of hydrogen-bond donors (Lipinski definition) is 1. The minimum absolute atomic E-state index is 0.428. The lowest BCUT2D eigenvalue weighted by molar-refractivity contribution is 0.0698. The summed E-state index contributed by atoms with van der Waals surface area (Å²) >= 11 is 0. The highest BCUT2D eigenvalue weighted by Crippen LogP contribution is 2.40. The molecule has 1 aliphatic heterocycles. The zero-order chi connectivity index (χ0) is 13.9. The second-order valence-corrected chi connectivity index (χ2v) is 6.44. The van der Waals surface area contributed by atoms with Gasteiger partial charge >= 0.3 is 0 Å². The van der Waals surface area contributed by atoms with Crippen LogP contribution >= 0.6 is 0 Å². The van der Waals surface area contributed by atoms with Gasteiger partial charge in [-0.15, -0.1) is 0 Å². The van der Waals surface area contributed by atoms with Gasteiger partial charge in [-0.1, -0.05) is 37.6 Å². The molecule has 2 N–H and O–H groups in total. The number of piperidine rings is 1. The molecule has 3 rings (SSSR count). The normalized spacial score (nSPS) is 28.3. The molecule has 1 heterocycles.